The number of nitrogens with two attached hydrogens (primary N) is 1. The van der Waals surface area contributed by atoms with E-state index in [1.807, 2.05) is 13.8 Å². The summed E-state index contributed by atoms with van der Waals surface area (Å²) in [6, 6.07) is 4.67. The van der Waals surface area contributed by atoms with Crippen LogP contribution in [0.15, 0.2) is 23.2 Å². The van der Waals surface area contributed by atoms with Crippen molar-refractivity contribution in [2.24, 2.45) is 16.6 Å². The van der Waals surface area contributed by atoms with Crippen LogP contribution in [0.25, 0.3) is 0 Å². The van der Waals surface area contributed by atoms with Crippen molar-refractivity contribution in [3.05, 3.63) is 23.8 Å². The molecule has 0 radical (unpaired) electrons. The highest BCUT2D eigenvalue weighted by molar-refractivity contribution is 5.77. The lowest BCUT2D eigenvalue weighted by molar-refractivity contribution is -0.0505. The fourth-order valence-electron chi connectivity index (χ4n) is 1.53. The first-order valence-electron chi connectivity index (χ1n) is 6.58. The normalized spacial score (nSPS) is 11.9. The number of methoxy groups -OCH3 is 1. The highest BCUT2D eigenvalue weighted by atomic mass is 19.3. The van der Waals surface area contributed by atoms with E-state index in [1.165, 1.54) is 13.2 Å². The number of ether oxygens (including phenoxy) is 2. The van der Waals surface area contributed by atoms with Gasteiger partial charge in [-0.25, -0.2) is 4.99 Å². The lowest BCUT2D eigenvalue weighted by Gasteiger charge is -2.12. The molecule has 7 heteroatoms. The van der Waals surface area contributed by atoms with Crippen LogP contribution in [-0.4, -0.2) is 26.2 Å². The molecule has 0 aliphatic rings. The summed E-state index contributed by atoms with van der Waals surface area (Å²) in [5, 5.41) is 2.95. The van der Waals surface area contributed by atoms with Gasteiger partial charge in [0.05, 0.1) is 13.7 Å². The van der Waals surface area contributed by atoms with Gasteiger partial charge < -0.3 is 20.5 Å². The summed E-state index contributed by atoms with van der Waals surface area (Å²) in [6.07, 6.45) is 0. The first-order valence-corrected chi connectivity index (χ1v) is 6.58. The predicted octanol–water partition coefficient (Wildman–Crippen LogP) is 2.36. The van der Waals surface area contributed by atoms with Crippen LogP contribution in [0.3, 0.4) is 0 Å². The number of nitrogens with one attached hydrogen (secondary N) is 1. The van der Waals surface area contributed by atoms with Gasteiger partial charge in [0.2, 0.25) is 0 Å². The minimum Gasteiger partial charge on any atom is -0.497 e. The van der Waals surface area contributed by atoms with Gasteiger partial charge in [-0.2, -0.15) is 8.78 Å². The highest BCUT2D eigenvalue weighted by Gasteiger charge is 2.11. The number of hydrogen-bond acceptors (Lipinski definition) is 3. The molecule has 0 aromatic heterocycles. The summed E-state index contributed by atoms with van der Waals surface area (Å²) in [7, 11) is 1.45. The summed E-state index contributed by atoms with van der Waals surface area (Å²) in [5.74, 6) is 1.16. The molecule has 0 fully saturated rings. The summed E-state index contributed by atoms with van der Waals surface area (Å²) in [6.45, 7) is 2.01. The summed E-state index contributed by atoms with van der Waals surface area (Å²) < 4.78 is 34.3. The molecule has 1 rings (SSSR count). The zero-order chi connectivity index (χ0) is 15.8. The Morgan fingerprint density at radius 2 is 2.10 bits per heavy atom. The van der Waals surface area contributed by atoms with E-state index in [-0.39, 0.29) is 18.3 Å². The van der Waals surface area contributed by atoms with E-state index in [4.69, 9.17) is 10.5 Å². The second kappa shape index (κ2) is 8.28. The molecule has 5 nitrogen and oxygen atoms in total. The number of hydrogen-bond donors (Lipinski definition) is 2. The van der Waals surface area contributed by atoms with Crippen LogP contribution in [0.5, 0.6) is 11.5 Å². The molecule has 3 N–H and O–H groups in total. The van der Waals surface area contributed by atoms with Gasteiger partial charge in [-0.1, -0.05) is 13.8 Å². The third-order valence-corrected chi connectivity index (χ3v) is 2.60. The first kappa shape index (κ1) is 17.0. The molecule has 0 spiro atoms. The standard InChI is InChI=1S/C14H21F2N3O2/c1-9(2)7-18-14(17)19-8-10-4-5-11(20-3)6-12(10)21-13(15)16/h4-6,9,13H,7-8H2,1-3H3,(H3,17,18,19). The molecule has 0 bridgehead atoms. The quantitative estimate of drug-likeness (QED) is 0.599. The summed E-state index contributed by atoms with van der Waals surface area (Å²) >= 11 is 0. The minimum atomic E-state index is -2.91. The van der Waals surface area contributed by atoms with Gasteiger partial charge in [0.1, 0.15) is 11.5 Å². The molecule has 0 saturated carbocycles. The first-order chi connectivity index (χ1) is 9.92. The van der Waals surface area contributed by atoms with E-state index in [1.54, 1.807) is 12.1 Å². The van der Waals surface area contributed by atoms with Crippen LogP contribution < -0.4 is 20.5 Å². The Morgan fingerprint density at radius 3 is 2.67 bits per heavy atom. The van der Waals surface area contributed by atoms with Gasteiger partial charge in [0, 0.05) is 18.2 Å². The molecule has 118 valence electrons. The molecule has 0 saturated heterocycles. The number of nitrogens with zero attached hydrogens (tertiary/aromatic N) is 1. The highest BCUT2D eigenvalue weighted by Crippen LogP contribution is 2.26. The van der Waals surface area contributed by atoms with Crippen LogP contribution in [-0.2, 0) is 6.54 Å². The largest absolute Gasteiger partial charge is 0.497 e. The maximum Gasteiger partial charge on any atom is 0.387 e. The number of alkyl halides is 2. The monoisotopic (exact) mass is 301 g/mol. The predicted molar refractivity (Wildman–Crippen MR) is 77.8 cm³/mol. The smallest absolute Gasteiger partial charge is 0.387 e. The summed E-state index contributed by atoms with van der Waals surface area (Å²) in [4.78, 5) is 4.11. The molecule has 0 heterocycles. The summed E-state index contributed by atoms with van der Waals surface area (Å²) in [5.41, 5.74) is 6.21. The molecule has 21 heavy (non-hydrogen) atoms. The molecule has 0 aliphatic carbocycles. The van der Waals surface area contributed by atoms with Gasteiger partial charge in [-0.15, -0.1) is 0 Å². The van der Waals surface area contributed by atoms with E-state index in [2.05, 4.69) is 15.0 Å². The molecule has 1 aromatic carbocycles. The van der Waals surface area contributed by atoms with Crippen molar-refractivity contribution in [1.29, 1.82) is 0 Å². The van der Waals surface area contributed by atoms with E-state index in [9.17, 15) is 8.78 Å². The van der Waals surface area contributed by atoms with E-state index in [0.29, 0.717) is 23.8 Å². The van der Waals surface area contributed by atoms with Crippen LogP contribution in [0.4, 0.5) is 8.78 Å². The second-order valence-corrected chi connectivity index (χ2v) is 4.83. The fraction of sp³-hybridized carbons (Fsp3) is 0.500. The van der Waals surface area contributed by atoms with Crippen molar-refractivity contribution in [3.63, 3.8) is 0 Å². The fourth-order valence-corrected chi connectivity index (χ4v) is 1.53. The van der Waals surface area contributed by atoms with Crippen molar-refractivity contribution in [2.45, 2.75) is 27.0 Å². The van der Waals surface area contributed by atoms with Gasteiger partial charge >= 0.3 is 6.61 Å². The maximum atomic E-state index is 12.4. The Bertz CT molecular complexity index is 479. The third-order valence-electron chi connectivity index (χ3n) is 2.60. The molecule has 0 atom stereocenters. The van der Waals surface area contributed by atoms with E-state index >= 15 is 0 Å². The number of guanidine groups is 1. The van der Waals surface area contributed by atoms with Crippen LogP contribution in [0.1, 0.15) is 19.4 Å². The second-order valence-electron chi connectivity index (χ2n) is 4.83. The Hall–Kier alpha value is -2.05. The number of rotatable bonds is 7. The van der Waals surface area contributed by atoms with Crippen molar-refractivity contribution in [1.82, 2.24) is 5.32 Å². The minimum absolute atomic E-state index is 0.0322. The van der Waals surface area contributed by atoms with E-state index < -0.39 is 6.61 Å². The van der Waals surface area contributed by atoms with Crippen LogP contribution in [0.2, 0.25) is 0 Å². The van der Waals surface area contributed by atoms with Gasteiger partial charge in [-0.05, 0) is 18.1 Å². The topological polar surface area (TPSA) is 68.9 Å². The van der Waals surface area contributed by atoms with Crippen molar-refractivity contribution >= 4 is 5.96 Å². The number of benzene rings is 1. The van der Waals surface area contributed by atoms with Crippen molar-refractivity contribution < 1.29 is 18.3 Å². The lowest BCUT2D eigenvalue weighted by Crippen LogP contribution is -2.34. The molecular formula is C14H21F2N3O2. The average molecular weight is 301 g/mol. The zero-order valence-corrected chi connectivity index (χ0v) is 12.4. The van der Waals surface area contributed by atoms with Crippen LogP contribution in [0, 0.1) is 5.92 Å². The molecule has 1 aromatic rings. The average Bonchev–Trinajstić information content (AvgIpc) is 2.42. The Morgan fingerprint density at radius 1 is 1.38 bits per heavy atom. The van der Waals surface area contributed by atoms with Gasteiger partial charge in [0.25, 0.3) is 0 Å². The maximum absolute atomic E-state index is 12.4. The lowest BCUT2D eigenvalue weighted by atomic mass is 10.2. The molecule has 0 aliphatic heterocycles. The third kappa shape index (κ3) is 6.29. The van der Waals surface area contributed by atoms with Crippen LogP contribution >= 0.6 is 0 Å². The zero-order valence-electron chi connectivity index (χ0n) is 12.4. The Kier molecular flexibility index (Phi) is 6.71. The number of halogens is 2. The molecule has 0 amide bonds. The van der Waals surface area contributed by atoms with Crippen molar-refractivity contribution in [3.8, 4) is 11.5 Å². The molecule has 0 unspecified atom stereocenters. The Labute approximate surface area is 123 Å². The number of aliphatic imine (C=N–C) groups is 1. The molecular weight excluding hydrogens is 280 g/mol. The van der Waals surface area contributed by atoms with Gasteiger partial charge in [0.15, 0.2) is 5.96 Å². The Balaban J connectivity index is 2.79. The van der Waals surface area contributed by atoms with Gasteiger partial charge in [-0.3, -0.25) is 0 Å². The van der Waals surface area contributed by atoms with Crippen molar-refractivity contribution in [2.75, 3.05) is 13.7 Å². The SMILES string of the molecule is COc1ccc(CN=C(N)NCC(C)C)c(OC(F)F)c1. The van der Waals surface area contributed by atoms with E-state index in [0.717, 1.165) is 0 Å².